The maximum absolute atomic E-state index is 12.4. The van der Waals surface area contributed by atoms with Gasteiger partial charge in [0.05, 0.1) is 6.61 Å². The molecule has 0 spiro atoms. The summed E-state index contributed by atoms with van der Waals surface area (Å²) in [6, 6.07) is 14.2. The first-order valence-corrected chi connectivity index (χ1v) is 9.01. The molecule has 0 saturated heterocycles. The van der Waals surface area contributed by atoms with Gasteiger partial charge in [-0.3, -0.25) is 9.59 Å². The van der Waals surface area contributed by atoms with Gasteiger partial charge in [0.25, 0.3) is 5.91 Å². The number of amides is 2. The Balaban J connectivity index is 1.97. The third kappa shape index (κ3) is 5.93. The molecular weight excluding hydrogens is 340 g/mol. The van der Waals surface area contributed by atoms with Crippen LogP contribution in [0.2, 0.25) is 0 Å². The fraction of sp³-hybridized carbons (Fsp3) is 0.364. The second-order valence-corrected chi connectivity index (χ2v) is 7.65. The van der Waals surface area contributed by atoms with E-state index in [1.807, 2.05) is 30.3 Å². The molecule has 1 unspecified atom stereocenters. The van der Waals surface area contributed by atoms with Crippen LogP contribution in [0, 0.1) is 0 Å². The van der Waals surface area contributed by atoms with Crippen LogP contribution in [0.15, 0.2) is 48.5 Å². The van der Waals surface area contributed by atoms with Crippen molar-refractivity contribution in [2.75, 3.05) is 12.4 Å². The van der Waals surface area contributed by atoms with E-state index in [4.69, 9.17) is 4.74 Å². The van der Waals surface area contributed by atoms with E-state index in [0.717, 1.165) is 11.1 Å². The lowest BCUT2D eigenvalue weighted by molar-refractivity contribution is -0.117. The smallest absolute Gasteiger partial charge is 0.251 e. The molecule has 0 aliphatic rings. The zero-order chi connectivity index (χ0) is 20.0. The minimum Gasteiger partial charge on any atom is -0.380 e. The van der Waals surface area contributed by atoms with Crippen molar-refractivity contribution in [3.8, 4) is 0 Å². The molecule has 5 heteroatoms. The molecular formula is C22H28N2O3. The first-order valence-electron chi connectivity index (χ1n) is 9.01. The number of rotatable bonds is 6. The third-order valence-corrected chi connectivity index (χ3v) is 4.26. The lowest BCUT2D eigenvalue weighted by Crippen LogP contribution is -2.41. The molecule has 0 radical (unpaired) electrons. The first-order chi connectivity index (χ1) is 12.7. The summed E-state index contributed by atoms with van der Waals surface area (Å²) in [7, 11) is 1.62. The van der Waals surface area contributed by atoms with Crippen LogP contribution in [-0.2, 0) is 21.6 Å². The van der Waals surface area contributed by atoms with Crippen molar-refractivity contribution in [3.63, 3.8) is 0 Å². The van der Waals surface area contributed by atoms with E-state index in [0.29, 0.717) is 17.9 Å². The molecule has 0 aliphatic heterocycles. The molecule has 0 bridgehead atoms. The van der Waals surface area contributed by atoms with Crippen molar-refractivity contribution in [3.05, 3.63) is 65.2 Å². The van der Waals surface area contributed by atoms with Gasteiger partial charge in [0.15, 0.2) is 0 Å². The largest absolute Gasteiger partial charge is 0.380 e. The predicted octanol–water partition coefficient (Wildman–Crippen LogP) is 3.89. The number of carbonyl (C=O) groups excluding carboxylic acids is 2. The fourth-order valence-corrected chi connectivity index (χ4v) is 2.62. The molecule has 144 valence electrons. The zero-order valence-electron chi connectivity index (χ0n) is 16.6. The molecule has 2 N–H and O–H groups in total. The molecule has 0 aromatic heterocycles. The minimum atomic E-state index is -0.661. The Morgan fingerprint density at radius 1 is 1.07 bits per heavy atom. The van der Waals surface area contributed by atoms with Crippen LogP contribution in [-0.4, -0.2) is 25.0 Å². The van der Waals surface area contributed by atoms with Gasteiger partial charge in [-0.1, -0.05) is 45.0 Å². The molecule has 0 fully saturated rings. The van der Waals surface area contributed by atoms with Crippen LogP contribution >= 0.6 is 0 Å². The van der Waals surface area contributed by atoms with Crippen LogP contribution in [0.5, 0.6) is 0 Å². The van der Waals surface area contributed by atoms with Crippen molar-refractivity contribution >= 4 is 17.5 Å². The van der Waals surface area contributed by atoms with Crippen LogP contribution in [0.25, 0.3) is 0 Å². The van der Waals surface area contributed by atoms with E-state index >= 15 is 0 Å². The zero-order valence-corrected chi connectivity index (χ0v) is 16.6. The second-order valence-electron chi connectivity index (χ2n) is 7.65. The highest BCUT2D eigenvalue weighted by atomic mass is 16.5. The summed E-state index contributed by atoms with van der Waals surface area (Å²) in [4.78, 5) is 24.8. The first kappa shape index (κ1) is 20.6. The van der Waals surface area contributed by atoms with Crippen molar-refractivity contribution < 1.29 is 14.3 Å². The van der Waals surface area contributed by atoms with Crippen LogP contribution in [0.1, 0.15) is 49.2 Å². The van der Waals surface area contributed by atoms with Gasteiger partial charge in [-0.05, 0) is 47.7 Å². The number of nitrogens with one attached hydrogen (secondary N) is 2. The summed E-state index contributed by atoms with van der Waals surface area (Å²) in [5, 5.41) is 5.56. The third-order valence-electron chi connectivity index (χ3n) is 4.26. The highest BCUT2D eigenvalue weighted by molar-refractivity contribution is 6.01. The van der Waals surface area contributed by atoms with Gasteiger partial charge in [0.1, 0.15) is 6.04 Å². The number of anilines is 1. The van der Waals surface area contributed by atoms with Crippen LogP contribution in [0.3, 0.4) is 0 Å². The standard InChI is InChI=1S/C22H28N2O3/c1-15(20(25)24-19-8-6-7-16(13-19)14-27-5)23-21(26)17-9-11-18(12-10-17)22(2,3)4/h6-13,15H,14H2,1-5H3,(H,23,26)(H,24,25). The summed E-state index contributed by atoms with van der Waals surface area (Å²) >= 11 is 0. The number of ether oxygens (including phenoxy) is 1. The summed E-state index contributed by atoms with van der Waals surface area (Å²) in [5.74, 6) is -0.546. The summed E-state index contributed by atoms with van der Waals surface area (Å²) in [5.41, 5.74) is 3.35. The van der Waals surface area contributed by atoms with Crippen LogP contribution in [0.4, 0.5) is 5.69 Å². The molecule has 1 atom stereocenters. The highest BCUT2D eigenvalue weighted by Gasteiger charge is 2.18. The Bertz CT molecular complexity index is 792. The van der Waals surface area contributed by atoms with E-state index in [-0.39, 0.29) is 17.2 Å². The average Bonchev–Trinajstić information content (AvgIpc) is 2.61. The van der Waals surface area contributed by atoms with Gasteiger partial charge in [-0.15, -0.1) is 0 Å². The van der Waals surface area contributed by atoms with Gasteiger partial charge < -0.3 is 15.4 Å². The normalized spacial score (nSPS) is 12.3. The van der Waals surface area contributed by atoms with Gasteiger partial charge in [-0.25, -0.2) is 0 Å². The maximum Gasteiger partial charge on any atom is 0.251 e. The fourth-order valence-electron chi connectivity index (χ4n) is 2.62. The minimum absolute atomic E-state index is 0.0273. The van der Waals surface area contributed by atoms with E-state index in [1.54, 1.807) is 32.2 Å². The SMILES string of the molecule is COCc1cccc(NC(=O)C(C)NC(=O)c2ccc(C(C)(C)C)cc2)c1. The van der Waals surface area contributed by atoms with E-state index in [9.17, 15) is 9.59 Å². The topological polar surface area (TPSA) is 67.4 Å². The summed E-state index contributed by atoms with van der Waals surface area (Å²) < 4.78 is 5.10. The molecule has 2 aromatic rings. The Labute approximate surface area is 161 Å². The van der Waals surface area contributed by atoms with E-state index < -0.39 is 6.04 Å². The van der Waals surface area contributed by atoms with Crippen molar-refractivity contribution in [1.82, 2.24) is 5.32 Å². The molecule has 0 saturated carbocycles. The molecule has 0 aliphatic carbocycles. The summed E-state index contributed by atoms with van der Waals surface area (Å²) in [6.45, 7) is 8.50. The number of benzene rings is 2. The second kappa shape index (κ2) is 8.82. The van der Waals surface area contributed by atoms with Crippen molar-refractivity contribution in [2.24, 2.45) is 0 Å². The number of carbonyl (C=O) groups is 2. The van der Waals surface area contributed by atoms with Gasteiger partial charge >= 0.3 is 0 Å². The van der Waals surface area contributed by atoms with E-state index in [2.05, 4.69) is 31.4 Å². The lowest BCUT2D eigenvalue weighted by Gasteiger charge is -2.19. The number of hydrogen-bond donors (Lipinski definition) is 2. The average molecular weight is 368 g/mol. The van der Waals surface area contributed by atoms with Gasteiger partial charge in [0.2, 0.25) is 5.91 Å². The van der Waals surface area contributed by atoms with Crippen molar-refractivity contribution in [1.29, 1.82) is 0 Å². The Kier molecular flexibility index (Phi) is 6.75. The summed E-state index contributed by atoms with van der Waals surface area (Å²) in [6.07, 6.45) is 0. The predicted molar refractivity (Wildman–Crippen MR) is 108 cm³/mol. The lowest BCUT2D eigenvalue weighted by atomic mass is 9.86. The van der Waals surface area contributed by atoms with Crippen LogP contribution < -0.4 is 10.6 Å². The molecule has 2 rings (SSSR count). The maximum atomic E-state index is 12.4. The van der Waals surface area contributed by atoms with Gasteiger partial charge in [-0.2, -0.15) is 0 Å². The van der Waals surface area contributed by atoms with E-state index in [1.165, 1.54) is 0 Å². The number of hydrogen-bond acceptors (Lipinski definition) is 3. The molecule has 2 amide bonds. The quantitative estimate of drug-likeness (QED) is 0.813. The molecule has 27 heavy (non-hydrogen) atoms. The van der Waals surface area contributed by atoms with Crippen molar-refractivity contribution in [2.45, 2.75) is 45.8 Å². The Morgan fingerprint density at radius 3 is 2.33 bits per heavy atom. The monoisotopic (exact) mass is 368 g/mol. The Hall–Kier alpha value is -2.66. The number of methoxy groups -OCH3 is 1. The molecule has 5 nitrogen and oxygen atoms in total. The molecule has 0 heterocycles. The Morgan fingerprint density at radius 2 is 1.74 bits per heavy atom. The molecule has 2 aromatic carbocycles. The highest BCUT2D eigenvalue weighted by Crippen LogP contribution is 2.22. The van der Waals surface area contributed by atoms with Gasteiger partial charge in [0, 0.05) is 18.4 Å².